The van der Waals surface area contributed by atoms with Crippen LogP contribution in [0.2, 0.25) is 0 Å². The fourth-order valence-electron chi connectivity index (χ4n) is 2.55. The number of nitrogens with one attached hydrogen (secondary N) is 1. The molecule has 1 aromatic rings. The zero-order chi connectivity index (χ0) is 13.1. The van der Waals surface area contributed by atoms with E-state index in [9.17, 15) is 0 Å². The molecule has 0 bridgehead atoms. The fraction of sp³-hybridized carbons (Fsp3) is 0.769. The van der Waals surface area contributed by atoms with Gasteiger partial charge in [0.25, 0.3) is 0 Å². The molecule has 1 N–H and O–H groups in total. The fourth-order valence-corrected chi connectivity index (χ4v) is 2.55. The lowest BCUT2D eigenvalue weighted by atomic mass is 10.0. The molecule has 0 aromatic carbocycles. The average molecular weight is 253 g/mol. The molecule has 0 aliphatic heterocycles. The Balaban J connectivity index is 2.29. The van der Waals surface area contributed by atoms with E-state index in [0.717, 1.165) is 18.0 Å². The number of hydrogen-bond donors (Lipinski definition) is 1. The zero-order valence-corrected chi connectivity index (χ0v) is 11.6. The maximum absolute atomic E-state index is 5.71. The minimum Gasteiger partial charge on any atom is -0.493 e. The normalized spacial score (nSPS) is 18.7. The molecular weight excluding hydrogens is 230 g/mol. The first-order valence-electron chi connectivity index (χ1n) is 6.55. The van der Waals surface area contributed by atoms with Crippen LogP contribution in [0.25, 0.3) is 0 Å². The number of hydrogen-bond acceptors (Lipinski definition) is 4. The summed E-state index contributed by atoms with van der Waals surface area (Å²) < 4.78 is 13.0. The lowest BCUT2D eigenvalue weighted by Crippen LogP contribution is -2.36. The summed E-state index contributed by atoms with van der Waals surface area (Å²) in [5.74, 6) is 1.48. The number of nitrogens with zero attached hydrogens (tertiary/aromatic N) is 2. The number of rotatable bonds is 7. The van der Waals surface area contributed by atoms with Crippen molar-refractivity contribution in [2.24, 2.45) is 13.0 Å². The van der Waals surface area contributed by atoms with Crippen LogP contribution in [0.4, 0.5) is 0 Å². The average Bonchev–Trinajstić information content (AvgIpc) is 3.13. The van der Waals surface area contributed by atoms with Crippen molar-refractivity contribution >= 4 is 0 Å². The lowest BCUT2D eigenvalue weighted by molar-refractivity contribution is 0.0479. The first kappa shape index (κ1) is 13.4. The first-order chi connectivity index (χ1) is 8.72. The third-order valence-electron chi connectivity index (χ3n) is 3.58. The first-order valence-corrected chi connectivity index (χ1v) is 6.55. The van der Waals surface area contributed by atoms with Crippen molar-refractivity contribution in [3.63, 3.8) is 0 Å². The molecule has 2 rings (SSSR count). The van der Waals surface area contributed by atoms with Crippen LogP contribution >= 0.6 is 0 Å². The predicted octanol–water partition coefficient (Wildman–Crippen LogP) is 1.50. The van der Waals surface area contributed by atoms with Crippen molar-refractivity contribution in [2.75, 3.05) is 20.8 Å². The van der Waals surface area contributed by atoms with Crippen LogP contribution in [0.1, 0.15) is 31.5 Å². The second kappa shape index (κ2) is 5.71. The van der Waals surface area contributed by atoms with Crippen molar-refractivity contribution in [3.05, 3.63) is 11.9 Å². The quantitative estimate of drug-likeness (QED) is 0.800. The van der Waals surface area contributed by atoms with E-state index in [2.05, 4.69) is 17.3 Å². The second-order valence-electron chi connectivity index (χ2n) is 4.79. The van der Waals surface area contributed by atoms with Gasteiger partial charge in [0.1, 0.15) is 0 Å². The van der Waals surface area contributed by atoms with Crippen LogP contribution in [-0.4, -0.2) is 36.6 Å². The molecule has 0 saturated heterocycles. The molecule has 18 heavy (non-hydrogen) atoms. The van der Waals surface area contributed by atoms with Crippen molar-refractivity contribution in [3.8, 4) is 5.75 Å². The highest BCUT2D eigenvalue weighted by atomic mass is 16.5. The van der Waals surface area contributed by atoms with Gasteiger partial charge in [0.2, 0.25) is 0 Å². The van der Waals surface area contributed by atoms with Crippen LogP contribution in [0.15, 0.2) is 6.20 Å². The Bertz CT molecular complexity index is 388. The monoisotopic (exact) mass is 253 g/mol. The molecule has 1 fully saturated rings. The number of aryl methyl sites for hydroxylation is 1. The highest BCUT2D eigenvalue weighted by molar-refractivity contribution is 5.29. The molecule has 5 nitrogen and oxygen atoms in total. The van der Waals surface area contributed by atoms with Crippen LogP contribution in [0.5, 0.6) is 5.75 Å². The van der Waals surface area contributed by atoms with E-state index in [1.165, 1.54) is 12.8 Å². The molecule has 0 spiro atoms. The Morgan fingerprint density at radius 3 is 2.72 bits per heavy atom. The molecule has 1 aliphatic carbocycles. The van der Waals surface area contributed by atoms with E-state index in [4.69, 9.17) is 9.47 Å². The predicted molar refractivity (Wildman–Crippen MR) is 69.7 cm³/mol. The van der Waals surface area contributed by atoms with Crippen molar-refractivity contribution in [1.29, 1.82) is 0 Å². The lowest BCUT2D eigenvalue weighted by Gasteiger charge is -2.27. The number of aromatic nitrogens is 2. The zero-order valence-electron chi connectivity index (χ0n) is 11.6. The summed E-state index contributed by atoms with van der Waals surface area (Å²) in [6.45, 7) is 3.00. The smallest absolute Gasteiger partial charge is 0.161 e. The largest absolute Gasteiger partial charge is 0.493 e. The molecule has 1 saturated carbocycles. The van der Waals surface area contributed by atoms with Gasteiger partial charge in [0, 0.05) is 14.2 Å². The van der Waals surface area contributed by atoms with Gasteiger partial charge < -0.3 is 14.8 Å². The van der Waals surface area contributed by atoms with Gasteiger partial charge >= 0.3 is 0 Å². The molecule has 2 atom stereocenters. The number of ether oxygens (including phenoxy) is 2. The number of methoxy groups -OCH3 is 2. The van der Waals surface area contributed by atoms with Crippen molar-refractivity contribution in [2.45, 2.75) is 31.9 Å². The summed E-state index contributed by atoms with van der Waals surface area (Å²) >= 11 is 0. The number of likely N-dealkylation sites (N-methyl/N-ethyl adjacent to an activating group) is 1. The van der Waals surface area contributed by atoms with E-state index >= 15 is 0 Å². The van der Waals surface area contributed by atoms with E-state index in [0.29, 0.717) is 5.92 Å². The maximum Gasteiger partial charge on any atom is 0.161 e. The van der Waals surface area contributed by atoms with Gasteiger partial charge in [-0.25, -0.2) is 0 Å². The Labute approximate surface area is 108 Å². The molecule has 0 radical (unpaired) electrons. The van der Waals surface area contributed by atoms with Gasteiger partial charge in [0.15, 0.2) is 5.75 Å². The van der Waals surface area contributed by atoms with Gasteiger partial charge in [0.05, 0.1) is 31.1 Å². The highest BCUT2D eigenvalue weighted by Gasteiger charge is 2.39. The Morgan fingerprint density at radius 1 is 1.50 bits per heavy atom. The van der Waals surface area contributed by atoms with Gasteiger partial charge in [-0.2, -0.15) is 5.10 Å². The van der Waals surface area contributed by atoms with Crippen molar-refractivity contribution in [1.82, 2.24) is 15.1 Å². The molecule has 1 aliphatic rings. The third kappa shape index (κ3) is 2.52. The third-order valence-corrected chi connectivity index (χ3v) is 3.58. The summed E-state index contributed by atoms with van der Waals surface area (Å²) in [6, 6.07) is 0.134. The topological polar surface area (TPSA) is 48.3 Å². The summed E-state index contributed by atoms with van der Waals surface area (Å²) in [5, 5.41) is 7.79. The van der Waals surface area contributed by atoms with E-state index in [1.54, 1.807) is 20.4 Å². The summed E-state index contributed by atoms with van der Waals surface area (Å²) in [5.41, 5.74) is 1.07. The van der Waals surface area contributed by atoms with Crippen LogP contribution in [0, 0.1) is 5.92 Å². The summed E-state index contributed by atoms with van der Waals surface area (Å²) in [4.78, 5) is 0. The molecule has 5 heteroatoms. The summed E-state index contributed by atoms with van der Waals surface area (Å²) in [6.07, 6.45) is 4.45. The Hall–Kier alpha value is -1.07. The second-order valence-corrected chi connectivity index (χ2v) is 4.79. The van der Waals surface area contributed by atoms with Gasteiger partial charge in [-0.3, -0.25) is 4.68 Å². The van der Waals surface area contributed by atoms with E-state index < -0.39 is 0 Å². The SMILES string of the molecule is CCNC(c1c(OC)cnn1C)C(OC)C1CC1. The van der Waals surface area contributed by atoms with E-state index in [1.807, 2.05) is 11.7 Å². The highest BCUT2D eigenvalue weighted by Crippen LogP contribution is 2.41. The maximum atomic E-state index is 5.71. The Morgan fingerprint density at radius 2 is 2.22 bits per heavy atom. The molecular formula is C13H23N3O2. The van der Waals surface area contributed by atoms with Gasteiger partial charge in [-0.1, -0.05) is 6.92 Å². The van der Waals surface area contributed by atoms with Crippen molar-refractivity contribution < 1.29 is 9.47 Å². The summed E-state index contributed by atoms with van der Waals surface area (Å²) in [7, 11) is 5.42. The molecule has 1 heterocycles. The standard InChI is InChI=1S/C13H23N3O2/c1-5-14-11(13(18-4)9-6-7-9)12-10(17-3)8-15-16(12)2/h8-9,11,13-14H,5-7H2,1-4H3. The molecule has 0 amide bonds. The van der Waals surface area contributed by atoms with Gasteiger partial charge in [-0.15, -0.1) is 0 Å². The van der Waals surface area contributed by atoms with Gasteiger partial charge in [-0.05, 0) is 25.3 Å². The molecule has 2 unspecified atom stereocenters. The minimum absolute atomic E-state index is 0.134. The van der Waals surface area contributed by atoms with Crippen LogP contribution < -0.4 is 10.1 Å². The van der Waals surface area contributed by atoms with Crippen LogP contribution in [-0.2, 0) is 11.8 Å². The van der Waals surface area contributed by atoms with Crippen LogP contribution in [0.3, 0.4) is 0 Å². The van der Waals surface area contributed by atoms with E-state index in [-0.39, 0.29) is 12.1 Å². The Kier molecular flexibility index (Phi) is 4.24. The molecule has 1 aromatic heterocycles. The minimum atomic E-state index is 0.134. The molecule has 102 valence electrons.